The molecule has 3 N–H and O–H groups in total. The predicted molar refractivity (Wildman–Crippen MR) is 145 cm³/mol. The van der Waals surface area contributed by atoms with Gasteiger partial charge >= 0.3 is 0 Å². The number of thiazole rings is 1. The Balaban J connectivity index is 1.41. The zero-order valence-electron chi connectivity index (χ0n) is 21.1. The number of rotatable bonds is 4. The van der Waals surface area contributed by atoms with E-state index in [0.29, 0.717) is 23.6 Å². The first-order valence-electron chi connectivity index (χ1n) is 12.5. The Kier molecular flexibility index (Phi) is 5.76. The zero-order chi connectivity index (χ0) is 25.0. The molecule has 0 bridgehead atoms. The first kappa shape index (κ1) is 23.1. The minimum Gasteiger partial charge on any atom is -0.491 e. The number of hydrogen-bond acceptors (Lipinski definition) is 9. The molecule has 4 aromatic rings. The fraction of sp³-hybridized carbons (Fsp3) is 0.407. The summed E-state index contributed by atoms with van der Waals surface area (Å²) in [5.41, 5.74) is 13.4. The van der Waals surface area contributed by atoms with Crippen LogP contribution in [0.5, 0.6) is 5.75 Å². The fourth-order valence-electron chi connectivity index (χ4n) is 5.22. The molecule has 9 heteroatoms. The van der Waals surface area contributed by atoms with Crippen LogP contribution in [0.3, 0.4) is 0 Å². The van der Waals surface area contributed by atoms with Crippen LogP contribution in [-0.4, -0.2) is 46.2 Å². The van der Waals surface area contributed by atoms with Crippen LogP contribution in [0.25, 0.3) is 21.5 Å². The van der Waals surface area contributed by atoms with Gasteiger partial charge in [-0.2, -0.15) is 0 Å². The van der Waals surface area contributed by atoms with Gasteiger partial charge in [-0.3, -0.25) is 0 Å². The van der Waals surface area contributed by atoms with Gasteiger partial charge in [-0.05, 0) is 49.1 Å². The average molecular weight is 502 g/mol. The lowest BCUT2D eigenvalue weighted by atomic mass is 9.98. The summed E-state index contributed by atoms with van der Waals surface area (Å²) < 4.78 is 6.30. The van der Waals surface area contributed by atoms with Crippen LogP contribution in [0.2, 0.25) is 0 Å². The monoisotopic (exact) mass is 501 g/mol. The Morgan fingerprint density at radius 2 is 1.94 bits per heavy atom. The topological polar surface area (TPSA) is 102 Å². The summed E-state index contributed by atoms with van der Waals surface area (Å²) in [6.45, 7) is 12.7. The molecule has 0 saturated carbocycles. The van der Waals surface area contributed by atoms with Gasteiger partial charge < -0.3 is 20.7 Å². The Morgan fingerprint density at radius 3 is 2.69 bits per heavy atom. The SMILES string of the molecule is Cc1cc(-c2cnc3sc(N)nc3c2)cc2c1OCCN(c1nc(C3CNC3)nc(C)c1C(C)C)C2. The number of benzene rings is 1. The van der Waals surface area contributed by atoms with E-state index in [2.05, 4.69) is 66.1 Å². The largest absolute Gasteiger partial charge is 0.491 e. The lowest BCUT2D eigenvalue weighted by Gasteiger charge is -2.30. The molecule has 186 valence electrons. The second-order valence-corrected chi connectivity index (χ2v) is 11.1. The number of ether oxygens (including phenoxy) is 1. The second kappa shape index (κ2) is 8.97. The maximum absolute atomic E-state index is 6.30. The summed E-state index contributed by atoms with van der Waals surface area (Å²) in [6, 6.07) is 6.46. The van der Waals surface area contributed by atoms with Crippen LogP contribution in [0.15, 0.2) is 24.4 Å². The Labute approximate surface area is 215 Å². The third kappa shape index (κ3) is 4.06. The number of aromatic nitrogens is 4. The van der Waals surface area contributed by atoms with E-state index in [-0.39, 0.29) is 0 Å². The summed E-state index contributed by atoms with van der Waals surface area (Å²) in [7, 11) is 0. The van der Waals surface area contributed by atoms with Crippen molar-refractivity contribution in [3.63, 3.8) is 0 Å². The molecule has 8 nitrogen and oxygen atoms in total. The normalized spacial score (nSPS) is 16.1. The predicted octanol–water partition coefficient (Wildman–Crippen LogP) is 4.56. The number of anilines is 2. The number of nitrogens with two attached hydrogens (primary N) is 1. The van der Waals surface area contributed by atoms with Gasteiger partial charge in [0.05, 0.1) is 6.54 Å². The molecule has 5 heterocycles. The quantitative estimate of drug-likeness (QED) is 0.420. The van der Waals surface area contributed by atoms with E-state index in [4.69, 9.17) is 20.4 Å². The van der Waals surface area contributed by atoms with E-state index in [1.54, 1.807) is 0 Å². The first-order chi connectivity index (χ1) is 17.4. The van der Waals surface area contributed by atoms with Gasteiger partial charge in [0, 0.05) is 54.1 Å². The van der Waals surface area contributed by atoms with Crippen LogP contribution in [0.4, 0.5) is 10.9 Å². The summed E-state index contributed by atoms with van der Waals surface area (Å²) >= 11 is 1.41. The molecule has 0 atom stereocenters. The number of nitrogens with one attached hydrogen (secondary N) is 1. The number of pyridine rings is 1. The van der Waals surface area contributed by atoms with Crippen molar-refractivity contribution in [2.24, 2.45) is 0 Å². The van der Waals surface area contributed by atoms with Gasteiger partial charge in [0.1, 0.15) is 34.3 Å². The Morgan fingerprint density at radius 1 is 1.11 bits per heavy atom. The molecule has 3 aromatic heterocycles. The molecule has 1 saturated heterocycles. The lowest BCUT2D eigenvalue weighted by Crippen LogP contribution is -2.41. The van der Waals surface area contributed by atoms with Crippen molar-refractivity contribution < 1.29 is 4.74 Å². The molecule has 2 aliphatic rings. The van der Waals surface area contributed by atoms with E-state index in [0.717, 1.165) is 81.9 Å². The molecule has 0 aliphatic carbocycles. The van der Waals surface area contributed by atoms with Crippen molar-refractivity contribution >= 4 is 32.6 Å². The molecule has 36 heavy (non-hydrogen) atoms. The average Bonchev–Trinajstić information content (AvgIpc) is 3.02. The van der Waals surface area contributed by atoms with Gasteiger partial charge in [0.25, 0.3) is 0 Å². The van der Waals surface area contributed by atoms with E-state index < -0.39 is 0 Å². The molecule has 1 aromatic carbocycles. The molecule has 1 fully saturated rings. The van der Waals surface area contributed by atoms with Gasteiger partial charge in [0.15, 0.2) is 5.13 Å². The maximum Gasteiger partial charge on any atom is 0.182 e. The number of hydrogen-bond donors (Lipinski definition) is 2. The Bertz CT molecular complexity index is 1460. The highest BCUT2D eigenvalue weighted by Gasteiger charge is 2.28. The van der Waals surface area contributed by atoms with E-state index in [1.165, 1.54) is 16.9 Å². The van der Waals surface area contributed by atoms with E-state index >= 15 is 0 Å². The molecule has 0 unspecified atom stereocenters. The summed E-state index contributed by atoms with van der Waals surface area (Å²) in [5.74, 6) is 3.67. The smallest absolute Gasteiger partial charge is 0.182 e. The molecular weight excluding hydrogens is 470 g/mol. The van der Waals surface area contributed by atoms with Crippen molar-refractivity contribution in [3.05, 3.63) is 52.6 Å². The molecule has 0 spiro atoms. The van der Waals surface area contributed by atoms with E-state index in [1.807, 2.05) is 6.20 Å². The molecule has 0 radical (unpaired) electrons. The van der Waals surface area contributed by atoms with Crippen LogP contribution in [0.1, 0.15) is 53.9 Å². The second-order valence-electron chi connectivity index (χ2n) is 10.1. The van der Waals surface area contributed by atoms with Crippen LogP contribution in [-0.2, 0) is 6.54 Å². The number of fused-ring (bicyclic) bond motifs is 2. The molecule has 0 amide bonds. The van der Waals surface area contributed by atoms with Crippen LogP contribution in [0, 0.1) is 13.8 Å². The molecule has 2 aliphatic heterocycles. The first-order valence-corrected chi connectivity index (χ1v) is 13.3. The maximum atomic E-state index is 6.30. The lowest BCUT2D eigenvalue weighted by molar-refractivity contribution is 0.329. The van der Waals surface area contributed by atoms with Crippen molar-refractivity contribution in [3.8, 4) is 16.9 Å². The van der Waals surface area contributed by atoms with Crippen LogP contribution < -0.4 is 20.7 Å². The van der Waals surface area contributed by atoms with Crippen molar-refractivity contribution in [2.75, 3.05) is 36.9 Å². The van der Waals surface area contributed by atoms with Gasteiger partial charge in [0.2, 0.25) is 0 Å². The highest BCUT2D eigenvalue weighted by Crippen LogP contribution is 2.37. The fourth-order valence-corrected chi connectivity index (χ4v) is 5.87. The van der Waals surface area contributed by atoms with Crippen molar-refractivity contribution in [2.45, 2.75) is 46.1 Å². The van der Waals surface area contributed by atoms with E-state index in [9.17, 15) is 0 Å². The highest BCUT2D eigenvalue weighted by molar-refractivity contribution is 7.21. The van der Waals surface area contributed by atoms with Gasteiger partial charge in [-0.1, -0.05) is 25.2 Å². The summed E-state index contributed by atoms with van der Waals surface area (Å²) in [4.78, 5) is 22.3. The third-order valence-electron chi connectivity index (χ3n) is 7.07. The van der Waals surface area contributed by atoms with Gasteiger partial charge in [-0.25, -0.2) is 19.9 Å². The number of nitrogens with zero attached hydrogens (tertiary/aromatic N) is 5. The van der Waals surface area contributed by atoms with Gasteiger partial charge in [-0.15, -0.1) is 0 Å². The van der Waals surface area contributed by atoms with Crippen LogP contribution >= 0.6 is 11.3 Å². The highest BCUT2D eigenvalue weighted by atomic mass is 32.1. The minimum atomic E-state index is 0.327. The summed E-state index contributed by atoms with van der Waals surface area (Å²) in [5, 5.41) is 3.89. The van der Waals surface area contributed by atoms with Crippen molar-refractivity contribution in [1.82, 2.24) is 25.3 Å². The number of nitrogen functional groups attached to an aromatic ring is 1. The minimum absolute atomic E-state index is 0.327. The standard InChI is InChI=1S/C27H31N7OS/c1-14(2)22-16(4)31-24(20-10-29-11-20)33-25(22)34-5-6-35-23-15(3)7-17(8-19(23)13-34)18-9-21-26(30-12-18)36-27(28)32-21/h7-9,12,14,20,29H,5-6,10-11,13H2,1-4H3,(H2,28,32). The molecular formula is C27H31N7OS. The molecule has 6 rings (SSSR count). The zero-order valence-corrected chi connectivity index (χ0v) is 21.9. The van der Waals surface area contributed by atoms with Crippen molar-refractivity contribution in [1.29, 1.82) is 0 Å². The Hall–Kier alpha value is -3.30. The number of aryl methyl sites for hydroxylation is 2. The summed E-state index contributed by atoms with van der Waals surface area (Å²) in [6.07, 6.45) is 1.90. The third-order valence-corrected chi connectivity index (χ3v) is 7.88.